The summed E-state index contributed by atoms with van der Waals surface area (Å²) >= 11 is 0. The lowest BCUT2D eigenvalue weighted by Gasteiger charge is -2.55. The number of fused-ring (bicyclic) bond motifs is 2. The van der Waals surface area contributed by atoms with Gasteiger partial charge < -0.3 is 9.80 Å². The third-order valence-electron chi connectivity index (χ3n) is 4.66. The van der Waals surface area contributed by atoms with Crippen molar-refractivity contribution in [2.24, 2.45) is 10.8 Å². The molecule has 2 amide bonds. The molecule has 0 aromatic rings. The minimum Gasteiger partial charge on any atom is -0.341 e. The molecule has 106 valence electrons. The van der Waals surface area contributed by atoms with Gasteiger partial charge in [0.25, 0.3) is 0 Å². The second-order valence-electron chi connectivity index (χ2n) is 6.27. The fourth-order valence-corrected chi connectivity index (χ4v) is 3.54. The summed E-state index contributed by atoms with van der Waals surface area (Å²) in [5.41, 5.74) is -1.20. The number of ketones is 1. The van der Waals surface area contributed by atoms with Crippen molar-refractivity contribution in [3.05, 3.63) is 0 Å². The molecular weight excluding hydrogens is 244 g/mol. The van der Waals surface area contributed by atoms with Crippen molar-refractivity contribution < 1.29 is 14.4 Å². The Kier molecular flexibility index (Phi) is 3.19. The SMILES string of the molecule is CCC12CN(C(C)=O)CC(C)(CN(C(C)=O)C1)C2=O. The maximum atomic E-state index is 12.7. The Morgan fingerprint density at radius 1 is 1.05 bits per heavy atom. The van der Waals surface area contributed by atoms with Crippen molar-refractivity contribution in [2.45, 2.75) is 34.1 Å². The zero-order valence-electron chi connectivity index (χ0n) is 12.2. The minimum atomic E-state index is -0.621. The number of piperidine rings is 2. The van der Waals surface area contributed by atoms with E-state index in [4.69, 9.17) is 0 Å². The van der Waals surface area contributed by atoms with Crippen LogP contribution in [0.2, 0.25) is 0 Å². The predicted octanol–water partition coefficient (Wildman–Crippen LogP) is 0.682. The highest BCUT2D eigenvalue weighted by Gasteiger charge is 2.58. The molecule has 2 rings (SSSR count). The van der Waals surface area contributed by atoms with Crippen LogP contribution in [0, 0.1) is 10.8 Å². The molecule has 5 nitrogen and oxygen atoms in total. The number of hydrogen-bond acceptors (Lipinski definition) is 3. The summed E-state index contributed by atoms with van der Waals surface area (Å²) in [6, 6.07) is 0. The highest BCUT2D eigenvalue weighted by molar-refractivity contribution is 5.95. The quantitative estimate of drug-likeness (QED) is 0.701. The van der Waals surface area contributed by atoms with Crippen molar-refractivity contribution in [1.29, 1.82) is 0 Å². The van der Waals surface area contributed by atoms with Crippen LogP contribution in [0.25, 0.3) is 0 Å². The van der Waals surface area contributed by atoms with Crippen LogP contribution in [0.15, 0.2) is 0 Å². The summed E-state index contributed by atoms with van der Waals surface area (Å²) in [5.74, 6) is 0.234. The molecular formula is C14H22N2O3. The highest BCUT2D eigenvalue weighted by Crippen LogP contribution is 2.44. The Labute approximate surface area is 113 Å². The fourth-order valence-electron chi connectivity index (χ4n) is 3.54. The maximum absolute atomic E-state index is 12.7. The van der Waals surface area contributed by atoms with E-state index in [9.17, 15) is 14.4 Å². The highest BCUT2D eigenvalue weighted by atomic mass is 16.2. The van der Waals surface area contributed by atoms with E-state index < -0.39 is 10.8 Å². The Balaban J connectivity index is 2.42. The Morgan fingerprint density at radius 3 is 1.79 bits per heavy atom. The van der Waals surface area contributed by atoms with E-state index in [2.05, 4.69) is 0 Å². The van der Waals surface area contributed by atoms with E-state index in [-0.39, 0.29) is 17.6 Å². The molecule has 0 unspecified atom stereocenters. The molecule has 2 bridgehead atoms. The monoisotopic (exact) mass is 266 g/mol. The van der Waals surface area contributed by atoms with Gasteiger partial charge in [0, 0.05) is 40.0 Å². The van der Waals surface area contributed by atoms with Crippen LogP contribution >= 0.6 is 0 Å². The number of carbonyl (C=O) groups excluding carboxylic acids is 3. The molecule has 0 aromatic carbocycles. The Hall–Kier alpha value is -1.39. The Bertz CT molecular complexity index is 418. The lowest BCUT2D eigenvalue weighted by molar-refractivity contribution is -0.167. The molecule has 0 spiro atoms. The lowest BCUT2D eigenvalue weighted by Crippen LogP contribution is -2.70. The zero-order valence-corrected chi connectivity index (χ0v) is 12.2. The van der Waals surface area contributed by atoms with Crippen LogP contribution in [-0.4, -0.2) is 53.6 Å². The van der Waals surface area contributed by atoms with Gasteiger partial charge in [-0.3, -0.25) is 14.4 Å². The normalized spacial score (nSPS) is 34.4. The number of nitrogens with zero attached hydrogens (tertiary/aromatic N) is 2. The van der Waals surface area contributed by atoms with E-state index in [1.165, 1.54) is 0 Å². The molecule has 0 aliphatic carbocycles. The second-order valence-corrected chi connectivity index (χ2v) is 6.27. The van der Waals surface area contributed by atoms with Gasteiger partial charge in [-0.05, 0) is 13.3 Å². The summed E-state index contributed by atoms with van der Waals surface area (Å²) < 4.78 is 0. The van der Waals surface area contributed by atoms with E-state index in [0.717, 1.165) is 0 Å². The molecule has 0 aromatic heterocycles. The molecule has 5 heteroatoms. The average Bonchev–Trinajstić information content (AvgIpc) is 2.31. The van der Waals surface area contributed by atoms with E-state index in [1.54, 1.807) is 23.6 Å². The standard InChI is InChI=1S/C14H22N2O3/c1-5-14-8-15(10(2)17)6-13(4,12(14)19)7-16(9-14)11(3)18/h5-9H2,1-4H3. The second kappa shape index (κ2) is 4.32. The number of rotatable bonds is 1. The van der Waals surface area contributed by atoms with Crippen LogP contribution in [0.4, 0.5) is 0 Å². The third-order valence-corrected chi connectivity index (χ3v) is 4.66. The summed E-state index contributed by atoms with van der Waals surface area (Å²) in [7, 11) is 0. The number of hydrogen-bond donors (Lipinski definition) is 0. The van der Waals surface area contributed by atoms with Gasteiger partial charge in [0.15, 0.2) is 5.78 Å². The van der Waals surface area contributed by atoms with Crippen LogP contribution in [0.3, 0.4) is 0 Å². The van der Waals surface area contributed by atoms with E-state index in [0.29, 0.717) is 32.6 Å². The van der Waals surface area contributed by atoms with Crippen LogP contribution in [-0.2, 0) is 14.4 Å². The minimum absolute atomic E-state index is 0.00725. The van der Waals surface area contributed by atoms with Crippen molar-refractivity contribution in [3.63, 3.8) is 0 Å². The van der Waals surface area contributed by atoms with Gasteiger partial charge >= 0.3 is 0 Å². The third kappa shape index (κ3) is 2.05. The first-order valence-electron chi connectivity index (χ1n) is 6.80. The molecule has 0 saturated carbocycles. The maximum Gasteiger partial charge on any atom is 0.219 e. The van der Waals surface area contributed by atoms with Gasteiger partial charge in [-0.2, -0.15) is 0 Å². The molecule has 0 radical (unpaired) electrons. The van der Waals surface area contributed by atoms with Crippen LogP contribution < -0.4 is 0 Å². The van der Waals surface area contributed by atoms with Gasteiger partial charge in [0.05, 0.1) is 10.8 Å². The molecule has 2 aliphatic rings. The molecule has 2 saturated heterocycles. The first kappa shape index (κ1) is 14.0. The Morgan fingerprint density at radius 2 is 1.47 bits per heavy atom. The number of amides is 2. The molecule has 0 N–H and O–H groups in total. The van der Waals surface area contributed by atoms with Gasteiger partial charge in [-0.25, -0.2) is 0 Å². The lowest BCUT2D eigenvalue weighted by atomic mass is 9.62. The smallest absolute Gasteiger partial charge is 0.219 e. The number of Topliss-reactive ketones (excluding diaryl/α,β-unsaturated/α-hetero) is 1. The molecule has 2 aliphatic heterocycles. The van der Waals surface area contributed by atoms with Crippen LogP contribution in [0.1, 0.15) is 34.1 Å². The van der Waals surface area contributed by atoms with Gasteiger partial charge in [0.2, 0.25) is 11.8 Å². The van der Waals surface area contributed by atoms with Gasteiger partial charge in [-0.1, -0.05) is 6.92 Å². The molecule has 2 fully saturated rings. The zero-order chi connectivity index (χ0) is 14.4. The van der Waals surface area contributed by atoms with Gasteiger partial charge in [0.1, 0.15) is 0 Å². The average molecular weight is 266 g/mol. The molecule has 2 heterocycles. The van der Waals surface area contributed by atoms with Crippen molar-refractivity contribution in [1.82, 2.24) is 9.80 Å². The predicted molar refractivity (Wildman–Crippen MR) is 70.3 cm³/mol. The topological polar surface area (TPSA) is 57.7 Å². The summed E-state index contributed by atoms with van der Waals surface area (Å²) in [6.07, 6.45) is 0.662. The van der Waals surface area contributed by atoms with Crippen molar-refractivity contribution in [3.8, 4) is 0 Å². The molecule has 0 atom stereocenters. The molecule has 19 heavy (non-hydrogen) atoms. The summed E-state index contributed by atoms with van der Waals surface area (Å²) in [5, 5.41) is 0. The first-order chi connectivity index (χ1) is 8.74. The fraction of sp³-hybridized carbons (Fsp3) is 0.786. The number of carbonyl (C=O) groups is 3. The van der Waals surface area contributed by atoms with E-state index in [1.807, 2.05) is 13.8 Å². The van der Waals surface area contributed by atoms with E-state index >= 15 is 0 Å². The largest absolute Gasteiger partial charge is 0.341 e. The van der Waals surface area contributed by atoms with Gasteiger partial charge in [-0.15, -0.1) is 0 Å². The first-order valence-corrected chi connectivity index (χ1v) is 6.80. The van der Waals surface area contributed by atoms with Crippen molar-refractivity contribution >= 4 is 17.6 Å². The van der Waals surface area contributed by atoms with Crippen molar-refractivity contribution in [2.75, 3.05) is 26.2 Å². The number of likely N-dealkylation sites (tertiary alicyclic amines) is 2. The summed E-state index contributed by atoms with van der Waals surface area (Å²) in [6.45, 7) is 8.66. The van der Waals surface area contributed by atoms with Crippen LogP contribution in [0.5, 0.6) is 0 Å². The summed E-state index contributed by atoms with van der Waals surface area (Å²) in [4.78, 5) is 39.6.